The van der Waals surface area contributed by atoms with Crippen molar-refractivity contribution in [2.24, 2.45) is 0 Å². The second-order valence-electron chi connectivity index (χ2n) is 3.30. The van der Waals surface area contributed by atoms with Crippen LogP contribution in [0.25, 0.3) is 0 Å². The van der Waals surface area contributed by atoms with Gasteiger partial charge in [-0.05, 0) is 24.6 Å². The largest absolute Gasteiger partial charge is 0.339 e. The Bertz CT molecular complexity index is 356. The maximum Gasteiger partial charge on any atom is 0.253 e. The number of likely N-dealkylation sites (tertiary alicyclic amines) is 1. The molecule has 14 heavy (non-hydrogen) atoms. The van der Waals surface area contributed by atoms with Crippen LogP contribution in [0, 0.1) is 5.82 Å². The first-order valence-electron chi connectivity index (χ1n) is 4.42. The minimum atomic E-state index is -0.386. The zero-order valence-electron chi connectivity index (χ0n) is 7.46. The minimum Gasteiger partial charge on any atom is -0.339 e. The normalized spacial score (nSPS) is 15.1. The van der Waals surface area contributed by atoms with Crippen molar-refractivity contribution in [2.45, 2.75) is 6.42 Å². The molecule has 74 valence electrons. The standard InChI is InChI=1S/C10H9BrFNO/c11-8-4-7(5-9(12)6-8)10(14)13-2-1-3-13/h4-6H,1-3H2. The summed E-state index contributed by atoms with van der Waals surface area (Å²) in [4.78, 5) is 13.4. The quantitative estimate of drug-likeness (QED) is 0.757. The second kappa shape index (κ2) is 3.69. The SMILES string of the molecule is O=C(c1cc(F)cc(Br)c1)N1CCC1. The van der Waals surface area contributed by atoms with Crippen molar-refractivity contribution in [1.29, 1.82) is 0 Å². The van der Waals surface area contributed by atoms with Gasteiger partial charge in [-0.2, -0.15) is 0 Å². The van der Waals surface area contributed by atoms with Crippen molar-refractivity contribution in [2.75, 3.05) is 13.1 Å². The number of hydrogen-bond donors (Lipinski definition) is 0. The molecule has 0 spiro atoms. The number of benzene rings is 1. The fraction of sp³-hybridized carbons (Fsp3) is 0.300. The van der Waals surface area contributed by atoms with Gasteiger partial charge in [0.05, 0.1) is 0 Å². The molecular weight excluding hydrogens is 249 g/mol. The van der Waals surface area contributed by atoms with Gasteiger partial charge in [0.1, 0.15) is 5.82 Å². The third-order valence-corrected chi connectivity index (χ3v) is 2.71. The molecule has 1 heterocycles. The van der Waals surface area contributed by atoms with Gasteiger partial charge in [-0.25, -0.2) is 4.39 Å². The molecule has 0 N–H and O–H groups in total. The van der Waals surface area contributed by atoms with Crippen LogP contribution in [-0.2, 0) is 0 Å². The van der Waals surface area contributed by atoms with Crippen molar-refractivity contribution in [3.63, 3.8) is 0 Å². The Morgan fingerprint density at radius 3 is 2.57 bits per heavy atom. The van der Waals surface area contributed by atoms with Gasteiger partial charge in [-0.15, -0.1) is 0 Å². The first-order chi connectivity index (χ1) is 6.66. The van der Waals surface area contributed by atoms with Gasteiger partial charge in [0, 0.05) is 23.1 Å². The maximum atomic E-state index is 13.0. The highest BCUT2D eigenvalue weighted by Crippen LogP contribution is 2.18. The number of carbonyl (C=O) groups excluding carboxylic acids is 1. The second-order valence-corrected chi connectivity index (χ2v) is 4.22. The van der Waals surface area contributed by atoms with Crippen LogP contribution in [0.3, 0.4) is 0 Å². The molecule has 1 saturated heterocycles. The maximum absolute atomic E-state index is 13.0. The highest BCUT2D eigenvalue weighted by molar-refractivity contribution is 9.10. The summed E-state index contributed by atoms with van der Waals surface area (Å²) in [6.07, 6.45) is 1.04. The number of halogens is 2. The van der Waals surface area contributed by atoms with Gasteiger partial charge in [0.15, 0.2) is 0 Å². The van der Waals surface area contributed by atoms with Crippen LogP contribution in [0.15, 0.2) is 22.7 Å². The Morgan fingerprint density at radius 2 is 2.07 bits per heavy atom. The van der Waals surface area contributed by atoms with Gasteiger partial charge in [0.25, 0.3) is 5.91 Å². The van der Waals surface area contributed by atoms with Crippen molar-refractivity contribution in [3.05, 3.63) is 34.1 Å². The molecule has 0 bridgehead atoms. The molecule has 0 saturated carbocycles. The summed E-state index contributed by atoms with van der Waals surface area (Å²) < 4.78 is 13.6. The number of nitrogens with zero attached hydrogens (tertiary/aromatic N) is 1. The molecule has 4 heteroatoms. The molecule has 0 atom stereocenters. The van der Waals surface area contributed by atoms with E-state index >= 15 is 0 Å². The minimum absolute atomic E-state index is 0.0866. The summed E-state index contributed by atoms with van der Waals surface area (Å²) in [6.45, 7) is 1.57. The number of rotatable bonds is 1. The highest BCUT2D eigenvalue weighted by atomic mass is 79.9. The monoisotopic (exact) mass is 257 g/mol. The molecule has 0 unspecified atom stereocenters. The third-order valence-electron chi connectivity index (χ3n) is 2.25. The Morgan fingerprint density at radius 1 is 1.36 bits per heavy atom. The van der Waals surface area contributed by atoms with E-state index in [0.29, 0.717) is 10.0 Å². The number of amides is 1. The average Bonchev–Trinajstić information content (AvgIpc) is 1.98. The van der Waals surface area contributed by atoms with Gasteiger partial charge in [-0.3, -0.25) is 4.79 Å². The third kappa shape index (κ3) is 1.80. The van der Waals surface area contributed by atoms with Crippen LogP contribution in [0.2, 0.25) is 0 Å². The molecule has 0 radical (unpaired) electrons. The molecule has 0 aromatic heterocycles. The molecule has 1 amide bonds. The molecule has 1 aromatic carbocycles. The first-order valence-corrected chi connectivity index (χ1v) is 5.21. The Kier molecular flexibility index (Phi) is 2.54. The van der Waals surface area contributed by atoms with E-state index < -0.39 is 0 Å². The fourth-order valence-electron chi connectivity index (χ4n) is 1.38. The van der Waals surface area contributed by atoms with E-state index in [-0.39, 0.29) is 11.7 Å². The Labute approximate surface area is 89.8 Å². The van der Waals surface area contributed by atoms with Crippen LogP contribution >= 0.6 is 15.9 Å². The molecule has 2 nitrogen and oxygen atoms in total. The Hall–Kier alpha value is -0.900. The van der Waals surface area contributed by atoms with Gasteiger partial charge in [-0.1, -0.05) is 15.9 Å². The van der Waals surface area contributed by atoms with Crippen LogP contribution < -0.4 is 0 Å². The molecule has 1 aliphatic rings. The summed E-state index contributed by atoms with van der Waals surface area (Å²) in [5, 5.41) is 0. The zero-order chi connectivity index (χ0) is 10.1. The van der Waals surface area contributed by atoms with Gasteiger partial charge >= 0.3 is 0 Å². The van der Waals surface area contributed by atoms with Gasteiger partial charge in [0.2, 0.25) is 0 Å². The van der Waals surface area contributed by atoms with E-state index in [0.717, 1.165) is 19.5 Å². The summed E-state index contributed by atoms with van der Waals surface area (Å²) >= 11 is 3.16. The van der Waals surface area contributed by atoms with E-state index in [1.165, 1.54) is 12.1 Å². The lowest BCUT2D eigenvalue weighted by Crippen LogP contribution is -2.42. The summed E-state index contributed by atoms with van der Waals surface area (Å²) in [5.74, 6) is -0.473. The van der Waals surface area contributed by atoms with Crippen molar-refractivity contribution >= 4 is 21.8 Å². The van der Waals surface area contributed by atoms with Crippen LogP contribution in [0.5, 0.6) is 0 Å². The molecule has 1 aromatic rings. The molecule has 1 fully saturated rings. The van der Waals surface area contributed by atoms with E-state index in [9.17, 15) is 9.18 Å². The van der Waals surface area contributed by atoms with Crippen LogP contribution in [0.4, 0.5) is 4.39 Å². The summed E-state index contributed by atoms with van der Waals surface area (Å²) in [5.41, 5.74) is 0.413. The lowest BCUT2D eigenvalue weighted by atomic mass is 10.1. The average molecular weight is 258 g/mol. The number of carbonyl (C=O) groups is 1. The lowest BCUT2D eigenvalue weighted by molar-refractivity contribution is 0.0651. The van der Waals surface area contributed by atoms with Gasteiger partial charge < -0.3 is 4.90 Å². The van der Waals surface area contributed by atoms with E-state index in [4.69, 9.17) is 0 Å². The predicted molar refractivity (Wildman–Crippen MR) is 54.6 cm³/mol. The summed E-state index contributed by atoms with van der Waals surface area (Å²) in [7, 11) is 0. The lowest BCUT2D eigenvalue weighted by Gasteiger charge is -2.30. The Balaban J connectivity index is 2.26. The highest BCUT2D eigenvalue weighted by Gasteiger charge is 2.21. The van der Waals surface area contributed by atoms with Crippen molar-refractivity contribution < 1.29 is 9.18 Å². The first kappa shape index (κ1) is 9.65. The van der Waals surface area contributed by atoms with Crippen molar-refractivity contribution in [3.8, 4) is 0 Å². The van der Waals surface area contributed by atoms with Crippen molar-refractivity contribution in [1.82, 2.24) is 4.90 Å². The number of hydrogen-bond acceptors (Lipinski definition) is 1. The predicted octanol–water partition coefficient (Wildman–Crippen LogP) is 2.43. The fourth-order valence-corrected chi connectivity index (χ4v) is 1.84. The van der Waals surface area contributed by atoms with E-state index in [2.05, 4.69) is 15.9 Å². The van der Waals surface area contributed by atoms with Crippen LogP contribution in [0.1, 0.15) is 16.8 Å². The molecule has 1 aliphatic heterocycles. The van der Waals surface area contributed by atoms with Crippen LogP contribution in [-0.4, -0.2) is 23.9 Å². The topological polar surface area (TPSA) is 20.3 Å². The van der Waals surface area contributed by atoms with E-state index in [1.54, 1.807) is 11.0 Å². The summed E-state index contributed by atoms with van der Waals surface area (Å²) in [6, 6.07) is 4.25. The molecule has 2 rings (SSSR count). The van der Waals surface area contributed by atoms with E-state index in [1.807, 2.05) is 0 Å². The smallest absolute Gasteiger partial charge is 0.253 e. The zero-order valence-corrected chi connectivity index (χ0v) is 9.05. The molecular formula is C10H9BrFNO. The molecule has 0 aliphatic carbocycles.